The van der Waals surface area contributed by atoms with Gasteiger partial charge in [-0.3, -0.25) is 19.3 Å². The lowest BCUT2D eigenvalue weighted by Gasteiger charge is -2.35. The van der Waals surface area contributed by atoms with Gasteiger partial charge >= 0.3 is 0 Å². The number of phenolic OH excluding ortho intramolecular Hbond substituents is 1. The van der Waals surface area contributed by atoms with Crippen molar-refractivity contribution in [1.29, 1.82) is 0 Å². The average molecular weight is 697 g/mol. The highest BCUT2D eigenvalue weighted by Crippen LogP contribution is 2.33. The van der Waals surface area contributed by atoms with E-state index in [-0.39, 0.29) is 63.4 Å². The van der Waals surface area contributed by atoms with Crippen molar-refractivity contribution < 1.29 is 27.9 Å². The van der Waals surface area contributed by atoms with E-state index in [4.69, 9.17) is 23.2 Å². The summed E-state index contributed by atoms with van der Waals surface area (Å²) < 4.78 is 23.4. The molecule has 3 heterocycles. The average Bonchev–Trinajstić information content (AvgIpc) is 2.99. The zero-order valence-electron chi connectivity index (χ0n) is 24.0. The first kappa shape index (κ1) is 34.5. The molecule has 2 fully saturated rings. The lowest BCUT2D eigenvalue weighted by molar-refractivity contribution is -0.135. The van der Waals surface area contributed by atoms with E-state index in [1.807, 2.05) is 4.90 Å². The van der Waals surface area contributed by atoms with Crippen molar-refractivity contribution in [2.75, 3.05) is 54.9 Å². The highest BCUT2D eigenvalue weighted by Gasteiger charge is 2.31. The number of pyridine rings is 1. The number of hydrogen-bond acceptors (Lipinski definition) is 8. The second kappa shape index (κ2) is 14.8. The number of benzene rings is 2. The predicted molar refractivity (Wildman–Crippen MR) is 176 cm³/mol. The van der Waals surface area contributed by atoms with Crippen LogP contribution in [0.15, 0.2) is 54.7 Å². The highest BCUT2D eigenvalue weighted by atomic mass is 35.5. The minimum atomic E-state index is -2.96. The second-order valence-electron chi connectivity index (χ2n) is 10.8. The first-order chi connectivity index (χ1) is 21.0. The molecule has 1 aromatic heterocycles. The Kier molecular flexibility index (Phi) is 11.3. The molecule has 11 nitrogen and oxygen atoms in total. The van der Waals surface area contributed by atoms with Crippen LogP contribution in [0.4, 0.5) is 11.5 Å². The molecular formula is C30H32Cl3N5O6S. The fourth-order valence-electron chi connectivity index (χ4n) is 5.30. The van der Waals surface area contributed by atoms with Crippen molar-refractivity contribution >= 4 is 74.7 Å². The predicted octanol–water partition coefficient (Wildman–Crippen LogP) is 4.46. The number of aromatic nitrogens is 1. The van der Waals surface area contributed by atoms with Crippen LogP contribution < -0.4 is 10.6 Å². The van der Waals surface area contributed by atoms with E-state index < -0.39 is 27.4 Å². The minimum Gasteiger partial charge on any atom is -0.506 e. The molecule has 3 aromatic rings. The molecule has 1 unspecified atom stereocenters. The Balaban J connectivity index is 0.00000461. The number of likely N-dealkylation sites (tertiary alicyclic amines) is 1. The van der Waals surface area contributed by atoms with Gasteiger partial charge < -0.3 is 20.6 Å². The quantitative estimate of drug-likeness (QED) is 0.293. The SMILES string of the molecule is Cl.O=C(Nc1c(O)cc(Cl)cc1C(=O)Nc1ccc(Cl)cn1)c1ccc(C2CCCN(CCN3CCS(=O)(=O)CC3)C2=O)cc1. The third-order valence-corrected chi connectivity index (χ3v) is 9.81. The number of aromatic hydroxyl groups is 1. The number of nitrogens with one attached hydrogen (secondary N) is 2. The lowest BCUT2D eigenvalue weighted by atomic mass is 9.89. The Morgan fingerprint density at radius 2 is 1.64 bits per heavy atom. The fourth-order valence-corrected chi connectivity index (χ4v) is 6.90. The maximum absolute atomic E-state index is 13.3. The van der Waals surface area contributed by atoms with E-state index in [0.717, 1.165) is 12.0 Å². The molecule has 240 valence electrons. The molecule has 0 aliphatic carbocycles. The molecule has 2 saturated heterocycles. The van der Waals surface area contributed by atoms with Gasteiger partial charge in [0, 0.05) is 55.6 Å². The Labute approximate surface area is 277 Å². The molecule has 0 bridgehead atoms. The van der Waals surface area contributed by atoms with Crippen molar-refractivity contribution in [3.8, 4) is 5.75 Å². The molecule has 2 aliphatic heterocycles. The Morgan fingerprint density at radius 1 is 0.933 bits per heavy atom. The molecule has 0 radical (unpaired) electrons. The minimum absolute atomic E-state index is 0. The van der Waals surface area contributed by atoms with Gasteiger partial charge in [0.1, 0.15) is 11.6 Å². The molecule has 45 heavy (non-hydrogen) atoms. The Bertz CT molecular complexity index is 1660. The van der Waals surface area contributed by atoms with Gasteiger partial charge in [-0.1, -0.05) is 35.3 Å². The van der Waals surface area contributed by atoms with Crippen molar-refractivity contribution in [3.05, 3.63) is 81.5 Å². The van der Waals surface area contributed by atoms with Crippen molar-refractivity contribution in [2.24, 2.45) is 0 Å². The summed E-state index contributed by atoms with van der Waals surface area (Å²) in [5.41, 5.74) is 0.842. The molecular weight excluding hydrogens is 665 g/mol. The molecule has 15 heteroatoms. The van der Waals surface area contributed by atoms with Gasteiger partial charge in [0.2, 0.25) is 5.91 Å². The van der Waals surface area contributed by atoms with E-state index in [0.29, 0.717) is 44.2 Å². The van der Waals surface area contributed by atoms with Crippen LogP contribution in [0.3, 0.4) is 0 Å². The standard InChI is InChI=1S/C30H31Cl2N5O6S.ClH/c31-21-7-8-26(33-18-21)34-29(40)24-16-22(32)17-25(38)27(24)35-28(39)20-5-3-19(4-6-20)23-2-1-9-37(30(23)41)11-10-36-12-14-44(42,43)15-13-36;/h3-8,16-18,23,38H,1-2,9-15H2,(H,35,39)(H,33,34,40);1H. The van der Waals surface area contributed by atoms with Crippen LogP contribution in [0.1, 0.15) is 45.0 Å². The molecule has 1 atom stereocenters. The summed E-state index contributed by atoms with van der Waals surface area (Å²) in [7, 11) is -2.96. The van der Waals surface area contributed by atoms with Crippen LogP contribution in [-0.2, 0) is 14.6 Å². The number of carbonyl (C=O) groups excluding carboxylic acids is 3. The number of halogens is 3. The summed E-state index contributed by atoms with van der Waals surface area (Å²) in [6.07, 6.45) is 2.88. The van der Waals surface area contributed by atoms with Crippen molar-refractivity contribution in [1.82, 2.24) is 14.8 Å². The molecule has 3 amide bonds. The second-order valence-corrected chi connectivity index (χ2v) is 13.9. The van der Waals surface area contributed by atoms with Gasteiger partial charge in [0.15, 0.2) is 9.84 Å². The molecule has 3 N–H and O–H groups in total. The number of nitrogens with zero attached hydrogens (tertiary/aromatic N) is 3. The van der Waals surface area contributed by atoms with Crippen molar-refractivity contribution in [3.63, 3.8) is 0 Å². The van der Waals surface area contributed by atoms with Gasteiger partial charge in [-0.2, -0.15) is 0 Å². The van der Waals surface area contributed by atoms with Crippen molar-refractivity contribution in [2.45, 2.75) is 18.8 Å². The van der Waals surface area contributed by atoms with Crippen LogP contribution >= 0.6 is 35.6 Å². The summed E-state index contributed by atoms with van der Waals surface area (Å²) >= 11 is 11.9. The van der Waals surface area contributed by atoms with E-state index in [1.54, 1.807) is 30.3 Å². The van der Waals surface area contributed by atoms with Gasteiger partial charge in [0.25, 0.3) is 11.8 Å². The van der Waals surface area contributed by atoms with Crippen LogP contribution in [0.25, 0.3) is 0 Å². The maximum atomic E-state index is 13.3. The van der Waals surface area contributed by atoms with Crippen LogP contribution in [0, 0.1) is 0 Å². The lowest BCUT2D eigenvalue weighted by Crippen LogP contribution is -2.47. The summed E-state index contributed by atoms with van der Waals surface area (Å²) in [6, 6.07) is 12.2. The van der Waals surface area contributed by atoms with Gasteiger partial charge in [0.05, 0.1) is 33.7 Å². The normalized spacial score (nSPS) is 18.1. The summed E-state index contributed by atoms with van der Waals surface area (Å²) in [4.78, 5) is 47.4. The Morgan fingerprint density at radius 3 is 2.31 bits per heavy atom. The summed E-state index contributed by atoms with van der Waals surface area (Å²) in [5, 5.41) is 16.2. The molecule has 5 rings (SSSR count). The fraction of sp³-hybridized carbons (Fsp3) is 0.333. The number of carbonyl (C=O) groups is 3. The Hall–Kier alpha value is -3.42. The number of phenols is 1. The van der Waals surface area contributed by atoms with Gasteiger partial charge in [-0.15, -0.1) is 12.4 Å². The van der Waals surface area contributed by atoms with E-state index in [2.05, 4.69) is 20.5 Å². The molecule has 2 aliphatic rings. The highest BCUT2D eigenvalue weighted by molar-refractivity contribution is 7.91. The van der Waals surface area contributed by atoms with E-state index in [9.17, 15) is 27.9 Å². The zero-order valence-corrected chi connectivity index (χ0v) is 27.2. The first-order valence-corrected chi connectivity index (χ1v) is 16.6. The third kappa shape index (κ3) is 8.65. The molecule has 0 spiro atoms. The molecule has 0 saturated carbocycles. The maximum Gasteiger partial charge on any atom is 0.259 e. The van der Waals surface area contributed by atoms with Gasteiger partial charge in [-0.25, -0.2) is 13.4 Å². The largest absolute Gasteiger partial charge is 0.506 e. The van der Waals surface area contributed by atoms with E-state index in [1.165, 1.54) is 24.4 Å². The third-order valence-electron chi connectivity index (χ3n) is 7.76. The zero-order chi connectivity index (χ0) is 31.4. The van der Waals surface area contributed by atoms with Crippen LogP contribution in [0.5, 0.6) is 5.75 Å². The number of amides is 3. The molecule has 2 aromatic carbocycles. The summed E-state index contributed by atoms with van der Waals surface area (Å²) in [5.74, 6) is -1.45. The smallest absolute Gasteiger partial charge is 0.259 e. The number of rotatable bonds is 8. The summed E-state index contributed by atoms with van der Waals surface area (Å²) in [6.45, 7) is 2.77. The first-order valence-electron chi connectivity index (χ1n) is 14.1. The van der Waals surface area contributed by atoms with E-state index >= 15 is 0 Å². The number of anilines is 2. The topological polar surface area (TPSA) is 149 Å². The number of hydrogen-bond donors (Lipinski definition) is 3. The van der Waals surface area contributed by atoms with Gasteiger partial charge in [-0.05, 0) is 48.7 Å². The van der Waals surface area contributed by atoms with Crippen LogP contribution in [-0.4, -0.2) is 90.3 Å². The number of sulfone groups is 1. The van der Waals surface area contributed by atoms with Crippen LogP contribution in [0.2, 0.25) is 10.0 Å². The number of piperidine rings is 1. The monoisotopic (exact) mass is 695 g/mol.